The minimum atomic E-state index is -0.468. The van der Waals surface area contributed by atoms with E-state index in [0.29, 0.717) is 11.1 Å². The number of rotatable bonds is 4. The Kier molecular flexibility index (Phi) is 4.01. The fraction of sp³-hybridized carbons (Fsp3) is 0.100. The van der Waals surface area contributed by atoms with Crippen LogP contribution < -0.4 is 11.1 Å². The molecule has 0 aliphatic rings. The summed E-state index contributed by atoms with van der Waals surface area (Å²) in [4.78, 5) is 18.3. The summed E-state index contributed by atoms with van der Waals surface area (Å²) >= 11 is 0. The lowest BCUT2D eigenvalue weighted by Crippen LogP contribution is -2.07. The first-order valence-corrected chi connectivity index (χ1v) is 8.20. The van der Waals surface area contributed by atoms with Gasteiger partial charge >= 0.3 is 5.76 Å². The highest BCUT2D eigenvalue weighted by Crippen LogP contribution is 2.24. The molecule has 2 N–H and O–H groups in total. The number of nitrogens with zero attached hydrogens (tertiary/aromatic N) is 1. The number of oxazole rings is 1. The quantitative estimate of drug-likeness (QED) is 0.569. The Hall–Kier alpha value is -3.41. The Labute approximate surface area is 148 Å². The lowest BCUT2D eigenvalue weighted by molar-refractivity contribution is 0.555. The van der Waals surface area contributed by atoms with Crippen molar-refractivity contribution in [3.05, 3.63) is 82.7 Å². The monoisotopic (exact) mass is 349 g/mol. The fourth-order valence-electron chi connectivity index (χ4n) is 2.83. The number of aromatic amines is 1. The molecule has 0 saturated carbocycles. The van der Waals surface area contributed by atoms with E-state index in [-0.39, 0.29) is 11.9 Å². The molecule has 1 atom stereocenters. The molecule has 130 valence electrons. The van der Waals surface area contributed by atoms with Crippen molar-refractivity contribution < 1.29 is 8.81 Å². The summed E-state index contributed by atoms with van der Waals surface area (Å²) in [5, 5.41) is 3.29. The standard InChI is InChI=1S/C20H16FN3O2/c1-12(13-2-6-16(21)7-3-13)23-19-9-5-15(11-22-19)14-4-8-17-18(10-14)26-20(25)24-17/h2-12H,1H3,(H,22,23)(H,24,25)/t12-/m1/s1. The molecule has 0 spiro atoms. The summed E-state index contributed by atoms with van der Waals surface area (Å²) in [5.41, 5.74) is 3.98. The highest BCUT2D eigenvalue weighted by Gasteiger charge is 2.08. The molecule has 0 radical (unpaired) electrons. The van der Waals surface area contributed by atoms with Crippen LogP contribution in [0.5, 0.6) is 0 Å². The number of pyridine rings is 1. The third-order valence-electron chi connectivity index (χ3n) is 4.25. The van der Waals surface area contributed by atoms with Gasteiger partial charge in [0.15, 0.2) is 5.58 Å². The second-order valence-corrected chi connectivity index (χ2v) is 6.08. The maximum atomic E-state index is 13.0. The Morgan fingerprint density at radius 1 is 1.08 bits per heavy atom. The van der Waals surface area contributed by atoms with E-state index in [2.05, 4.69) is 15.3 Å². The molecule has 26 heavy (non-hydrogen) atoms. The summed E-state index contributed by atoms with van der Waals surface area (Å²) in [6.07, 6.45) is 1.76. The van der Waals surface area contributed by atoms with Gasteiger partial charge in [0.25, 0.3) is 0 Å². The van der Waals surface area contributed by atoms with Crippen molar-refractivity contribution in [2.24, 2.45) is 0 Å². The number of aromatic nitrogens is 2. The predicted octanol–water partition coefficient (Wildman–Crippen LogP) is 4.50. The predicted molar refractivity (Wildman–Crippen MR) is 98.5 cm³/mol. The van der Waals surface area contributed by atoms with Gasteiger partial charge in [-0.15, -0.1) is 0 Å². The summed E-state index contributed by atoms with van der Waals surface area (Å²) < 4.78 is 18.1. The molecule has 0 amide bonds. The van der Waals surface area contributed by atoms with E-state index in [1.54, 1.807) is 30.5 Å². The lowest BCUT2D eigenvalue weighted by atomic mass is 10.1. The van der Waals surface area contributed by atoms with Gasteiger partial charge in [-0.25, -0.2) is 14.2 Å². The number of anilines is 1. The average Bonchev–Trinajstić information content (AvgIpc) is 3.02. The van der Waals surface area contributed by atoms with Crippen LogP contribution in [-0.4, -0.2) is 9.97 Å². The Morgan fingerprint density at radius 2 is 1.85 bits per heavy atom. The van der Waals surface area contributed by atoms with Gasteiger partial charge in [-0.3, -0.25) is 4.98 Å². The van der Waals surface area contributed by atoms with Crippen molar-refractivity contribution in [3.63, 3.8) is 0 Å². The number of fused-ring (bicyclic) bond motifs is 1. The Balaban J connectivity index is 1.53. The third-order valence-corrected chi connectivity index (χ3v) is 4.25. The van der Waals surface area contributed by atoms with Crippen LogP contribution in [0.25, 0.3) is 22.2 Å². The molecular formula is C20H16FN3O2. The normalized spacial score (nSPS) is 12.2. The van der Waals surface area contributed by atoms with E-state index in [4.69, 9.17) is 4.42 Å². The third kappa shape index (κ3) is 3.21. The maximum absolute atomic E-state index is 13.0. The van der Waals surface area contributed by atoms with Crippen molar-refractivity contribution >= 4 is 16.9 Å². The van der Waals surface area contributed by atoms with Gasteiger partial charge in [0.2, 0.25) is 0 Å². The van der Waals surface area contributed by atoms with Crippen LogP contribution in [0.2, 0.25) is 0 Å². The lowest BCUT2D eigenvalue weighted by Gasteiger charge is -2.15. The number of benzene rings is 2. The molecule has 0 fully saturated rings. The number of halogens is 1. The zero-order valence-electron chi connectivity index (χ0n) is 14.0. The largest absolute Gasteiger partial charge is 0.417 e. The van der Waals surface area contributed by atoms with Crippen LogP contribution >= 0.6 is 0 Å². The molecule has 0 aliphatic heterocycles. The van der Waals surface area contributed by atoms with Crippen LogP contribution in [0.3, 0.4) is 0 Å². The second kappa shape index (κ2) is 6.48. The first-order chi connectivity index (χ1) is 12.6. The maximum Gasteiger partial charge on any atom is 0.417 e. The number of nitrogens with one attached hydrogen (secondary N) is 2. The molecule has 2 heterocycles. The van der Waals surface area contributed by atoms with Gasteiger partial charge in [-0.1, -0.05) is 18.2 Å². The van der Waals surface area contributed by atoms with Gasteiger partial charge in [0.1, 0.15) is 11.6 Å². The van der Waals surface area contributed by atoms with E-state index in [0.717, 1.165) is 22.5 Å². The van der Waals surface area contributed by atoms with E-state index in [1.807, 2.05) is 25.1 Å². The topological polar surface area (TPSA) is 70.9 Å². The van der Waals surface area contributed by atoms with Crippen LogP contribution in [0, 0.1) is 5.82 Å². The van der Waals surface area contributed by atoms with Gasteiger partial charge in [-0.05, 0) is 54.4 Å². The summed E-state index contributed by atoms with van der Waals surface area (Å²) in [5.74, 6) is 0.00286. The molecule has 6 heteroatoms. The SMILES string of the molecule is C[C@@H](Nc1ccc(-c2ccc3[nH]c(=O)oc3c2)cn1)c1ccc(F)cc1. The smallest absolute Gasteiger partial charge is 0.408 e. The van der Waals surface area contributed by atoms with Crippen LogP contribution in [-0.2, 0) is 0 Å². The number of hydrogen-bond donors (Lipinski definition) is 2. The van der Waals surface area contributed by atoms with Crippen molar-refractivity contribution in [2.75, 3.05) is 5.32 Å². The molecule has 2 aromatic carbocycles. The van der Waals surface area contributed by atoms with E-state index in [9.17, 15) is 9.18 Å². The highest BCUT2D eigenvalue weighted by molar-refractivity contribution is 5.79. The number of H-pyrrole nitrogens is 1. The van der Waals surface area contributed by atoms with Crippen molar-refractivity contribution in [2.45, 2.75) is 13.0 Å². The molecule has 5 nitrogen and oxygen atoms in total. The van der Waals surface area contributed by atoms with E-state index in [1.165, 1.54) is 12.1 Å². The Bertz CT molecular complexity index is 1100. The van der Waals surface area contributed by atoms with Crippen molar-refractivity contribution in [1.82, 2.24) is 9.97 Å². The zero-order chi connectivity index (χ0) is 18.1. The molecule has 0 unspecified atom stereocenters. The summed E-state index contributed by atoms with van der Waals surface area (Å²) in [7, 11) is 0. The Morgan fingerprint density at radius 3 is 2.58 bits per heavy atom. The van der Waals surface area contributed by atoms with Gasteiger partial charge in [0, 0.05) is 17.8 Å². The molecule has 2 aromatic heterocycles. The molecular weight excluding hydrogens is 333 g/mol. The highest BCUT2D eigenvalue weighted by atomic mass is 19.1. The van der Waals surface area contributed by atoms with Gasteiger partial charge < -0.3 is 9.73 Å². The van der Waals surface area contributed by atoms with E-state index < -0.39 is 5.76 Å². The fourth-order valence-corrected chi connectivity index (χ4v) is 2.83. The summed E-state index contributed by atoms with van der Waals surface area (Å²) in [6, 6.07) is 15.7. The zero-order valence-corrected chi connectivity index (χ0v) is 14.0. The van der Waals surface area contributed by atoms with Crippen LogP contribution in [0.1, 0.15) is 18.5 Å². The van der Waals surface area contributed by atoms with Gasteiger partial charge in [-0.2, -0.15) is 0 Å². The minimum absolute atomic E-state index is 0.000527. The second-order valence-electron chi connectivity index (χ2n) is 6.08. The molecule has 0 bridgehead atoms. The van der Waals surface area contributed by atoms with E-state index >= 15 is 0 Å². The average molecular weight is 349 g/mol. The van der Waals surface area contributed by atoms with Crippen molar-refractivity contribution in [1.29, 1.82) is 0 Å². The molecule has 4 rings (SSSR count). The number of hydrogen-bond acceptors (Lipinski definition) is 4. The molecule has 4 aromatic rings. The van der Waals surface area contributed by atoms with Crippen molar-refractivity contribution in [3.8, 4) is 11.1 Å². The summed E-state index contributed by atoms with van der Waals surface area (Å²) in [6.45, 7) is 1.99. The van der Waals surface area contributed by atoms with Crippen LogP contribution in [0.4, 0.5) is 10.2 Å². The molecule has 0 aliphatic carbocycles. The minimum Gasteiger partial charge on any atom is -0.408 e. The molecule has 0 saturated heterocycles. The van der Waals surface area contributed by atoms with Gasteiger partial charge in [0.05, 0.1) is 5.52 Å². The van der Waals surface area contributed by atoms with Crippen LogP contribution in [0.15, 0.2) is 70.0 Å². The first-order valence-electron chi connectivity index (χ1n) is 8.20. The first kappa shape index (κ1) is 16.1.